The lowest BCUT2D eigenvalue weighted by molar-refractivity contribution is -0.122. The van der Waals surface area contributed by atoms with Gasteiger partial charge >= 0.3 is 0 Å². The third kappa shape index (κ3) is 4.42. The number of sulfonamides is 1. The summed E-state index contributed by atoms with van der Waals surface area (Å²) in [6.07, 6.45) is -1.01. The molecule has 0 radical (unpaired) electrons. The number of amides is 1. The summed E-state index contributed by atoms with van der Waals surface area (Å²) in [5.74, 6) is -0.288. The van der Waals surface area contributed by atoms with Gasteiger partial charge in [0, 0.05) is 10.7 Å². The molecule has 0 saturated carbocycles. The molecular formula is C22H19ClN2O4S. The highest BCUT2D eigenvalue weighted by atomic mass is 35.5. The molecule has 1 aliphatic heterocycles. The summed E-state index contributed by atoms with van der Waals surface area (Å²) in [7, 11) is -3.74. The highest BCUT2D eigenvalue weighted by Gasteiger charge is 2.36. The van der Waals surface area contributed by atoms with Crippen LogP contribution in [0.1, 0.15) is 5.56 Å². The Bertz CT molecular complexity index is 1170. The Kier molecular flexibility index (Phi) is 5.65. The molecule has 0 bridgehead atoms. The first-order chi connectivity index (χ1) is 14.4. The molecule has 30 heavy (non-hydrogen) atoms. The van der Waals surface area contributed by atoms with Crippen LogP contribution in [-0.4, -0.2) is 27.0 Å². The van der Waals surface area contributed by atoms with E-state index in [2.05, 4.69) is 5.32 Å². The Morgan fingerprint density at radius 2 is 1.77 bits per heavy atom. The van der Waals surface area contributed by atoms with Crippen molar-refractivity contribution in [2.45, 2.75) is 11.9 Å². The molecule has 6 nitrogen and oxygen atoms in total. The fourth-order valence-corrected chi connectivity index (χ4v) is 5.03. The van der Waals surface area contributed by atoms with Gasteiger partial charge in [0.25, 0.3) is 5.91 Å². The third-order valence-corrected chi connectivity index (χ3v) is 6.60. The second-order valence-corrected chi connectivity index (χ2v) is 9.18. The normalized spacial score (nSPS) is 15.8. The van der Waals surface area contributed by atoms with Gasteiger partial charge in [-0.1, -0.05) is 60.1 Å². The summed E-state index contributed by atoms with van der Waals surface area (Å²) in [6, 6.07) is 22.4. The van der Waals surface area contributed by atoms with E-state index in [1.807, 2.05) is 6.07 Å². The minimum atomic E-state index is -3.74. The maximum Gasteiger partial charge on any atom is 0.267 e. The number of fused-ring (bicyclic) bond motifs is 1. The van der Waals surface area contributed by atoms with Gasteiger partial charge in [-0.3, -0.25) is 9.10 Å². The topological polar surface area (TPSA) is 75.7 Å². The van der Waals surface area contributed by atoms with E-state index in [9.17, 15) is 13.2 Å². The van der Waals surface area contributed by atoms with Crippen molar-refractivity contribution < 1.29 is 17.9 Å². The zero-order valence-electron chi connectivity index (χ0n) is 15.9. The van der Waals surface area contributed by atoms with Crippen molar-refractivity contribution in [2.75, 3.05) is 16.2 Å². The van der Waals surface area contributed by atoms with E-state index >= 15 is 0 Å². The van der Waals surface area contributed by atoms with Gasteiger partial charge in [-0.05, 0) is 35.9 Å². The molecule has 1 aliphatic rings. The van der Waals surface area contributed by atoms with E-state index in [1.54, 1.807) is 72.8 Å². The lowest BCUT2D eigenvalue weighted by Gasteiger charge is -2.34. The van der Waals surface area contributed by atoms with Crippen LogP contribution in [-0.2, 0) is 20.6 Å². The Labute approximate surface area is 180 Å². The first kappa shape index (κ1) is 20.3. The van der Waals surface area contributed by atoms with Gasteiger partial charge in [0.05, 0.1) is 18.0 Å². The molecule has 8 heteroatoms. The third-order valence-electron chi connectivity index (χ3n) is 4.65. The summed E-state index contributed by atoms with van der Waals surface area (Å²) in [4.78, 5) is 12.8. The molecule has 0 fully saturated rings. The largest absolute Gasteiger partial charge is 0.476 e. The number of anilines is 2. The predicted molar refractivity (Wildman–Crippen MR) is 117 cm³/mol. The van der Waals surface area contributed by atoms with Crippen molar-refractivity contribution in [1.29, 1.82) is 0 Å². The quantitative estimate of drug-likeness (QED) is 0.646. The van der Waals surface area contributed by atoms with Crippen LogP contribution in [0.3, 0.4) is 0 Å². The lowest BCUT2D eigenvalue weighted by Crippen LogP contribution is -2.49. The van der Waals surface area contributed by atoms with E-state index in [0.29, 0.717) is 27.7 Å². The minimum Gasteiger partial charge on any atom is -0.476 e. The number of halogens is 1. The van der Waals surface area contributed by atoms with Crippen molar-refractivity contribution in [3.63, 3.8) is 0 Å². The molecule has 1 N–H and O–H groups in total. The van der Waals surface area contributed by atoms with Gasteiger partial charge in [-0.25, -0.2) is 8.42 Å². The van der Waals surface area contributed by atoms with Crippen LogP contribution < -0.4 is 14.4 Å². The number of rotatable bonds is 5. The molecule has 1 atom stereocenters. The number of ether oxygens (including phenoxy) is 1. The van der Waals surface area contributed by atoms with E-state index < -0.39 is 22.0 Å². The monoisotopic (exact) mass is 442 g/mol. The smallest absolute Gasteiger partial charge is 0.267 e. The summed E-state index contributed by atoms with van der Waals surface area (Å²) in [6.45, 7) is -0.126. The summed E-state index contributed by atoms with van der Waals surface area (Å²) in [5, 5.41) is 3.22. The molecule has 3 aromatic carbocycles. The number of hydrogen-bond donors (Lipinski definition) is 1. The first-order valence-corrected chi connectivity index (χ1v) is 11.3. The molecule has 0 spiro atoms. The predicted octanol–water partition coefficient (Wildman–Crippen LogP) is 4.08. The Balaban J connectivity index is 1.61. The fraction of sp³-hybridized carbons (Fsp3) is 0.136. The summed E-state index contributed by atoms with van der Waals surface area (Å²) in [5.41, 5.74) is 1.59. The van der Waals surface area contributed by atoms with Crippen molar-refractivity contribution in [1.82, 2.24) is 0 Å². The van der Waals surface area contributed by atoms with Crippen molar-refractivity contribution >= 4 is 38.9 Å². The minimum absolute atomic E-state index is 0.126. The number of hydrogen-bond acceptors (Lipinski definition) is 4. The average molecular weight is 443 g/mol. The molecule has 154 valence electrons. The highest BCUT2D eigenvalue weighted by molar-refractivity contribution is 7.92. The molecule has 0 aliphatic carbocycles. The molecule has 0 aromatic heterocycles. The van der Waals surface area contributed by atoms with Crippen molar-refractivity contribution in [3.05, 3.63) is 89.4 Å². The zero-order valence-corrected chi connectivity index (χ0v) is 17.4. The Morgan fingerprint density at radius 3 is 2.53 bits per heavy atom. The van der Waals surface area contributed by atoms with E-state index in [-0.39, 0.29) is 12.3 Å². The number of carbonyl (C=O) groups excluding carboxylic acids is 1. The van der Waals surface area contributed by atoms with Crippen molar-refractivity contribution in [2.24, 2.45) is 0 Å². The lowest BCUT2D eigenvalue weighted by atomic mass is 10.2. The number of nitrogens with zero attached hydrogens (tertiary/aromatic N) is 1. The van der Waals surface area contributed by atoms with E-state index in [0.717, 1.165) is 0 Å². The van der Waals surface area contributed by atoms with Gasteiger partial charge in [-0.2, -0.15) is 0 Å². The van der Waals surface area contributed by atoms with Crippen LogP contribution in [0.25, 0.3) is 0 Å². The van der Waals surface area contributed by atoms with Gasteiger partial charge in [0.2, 0.25) is 10.0 Å². The second-order valence-electron chi connectivity index (χ2n) is 6.85. The maximum atomic E-state index is 13.2. The molecule has 1 amide bonds. The first-order valence-electron chi connectivity index (χ1n) is 9.29. The number of benzene rings is 3. The maximum absolute atomic E-state index is 13.2. The summed E-state index contributed by atoms with van der Waals surface area (Å²) >= 11 is 5.97. The number of para-hydroxylation sites is 2. The van der Waals surface area contributed by atoms with Gasteiger partial charge < -0.3 is 10.1 Å². The molecular weight excluding hydrogens is 424 g/mol. The van der Waals surface area contributed by atoms with Crippen LogP contribution in [0.5, 0.6) is 5.75 Å². The van der Waals surface area contributed by atoms with Gasteiger partial charge in [0.15, 0.2) is 6.10 Å². The van der Waals surface area contributed by atoms with Crippen LogP contribution in [0.2, 0.25) is 5.02 Å². The average Bonchev–Trinajstić information content (AvgIpc) is 2.73. The molecule has 0 unspecified atom stereocenters. The van der Waals surface area contributed by atoms with Crippen molar-refractivity contribution in [3.8, 4) is 5.75 Å². The van der Waals surface area contributed by atoms with Gasteiger partial charge in [-0.15, -0.1) is 0 Å². The van der Waals surface area contributed by atoms with Crippen LogP contribution in [0.4, 0.5) is 11.4 Å². The molecule has 3 aromatic rings. The summed E-state index contributed by atoms with van der Waals surface area (Å²) < 4.78 is 33.5. The Morgan fingerprint density at radius 1 is 1.03 bits per heavy atom. The van der Waals surface area contributed by atoms with Crippen LogP contribution in [0.15, 0.2) is 78.9 Å². The SMILES string of the molecule is O=C(Nc1cccc(Cl)c1)[C@H]1CN(S(=O)(=O)Cc2ccccc2)c2ccccc2O1. The highest BCUT2D eigenvalue weighted by Crippen LogP contribution is 2.36. The Hall–Kier alpha value is -3.03. The van der Waals surface area contributed by atoms with Crippen LogP contribution >= 0.6 is 11.6 Å². The fourth-order valence-electron chi connectivity index (χ4n) is 3.25. The molecule has 0 saturated heterocycles. The molecule has 4 rings (SSSR count). The second kappa shape index (κ2) is 8.38. The van der Waals surface area contributed by atoms with E-state index in [1.165, 1.54) is 4.31 Å². The zero-order chi connectivity index (χ0) is 21.1. The van der Waals surface area contributed by atoms with E-state index in [4.69, 9.17) is 16.3 Å². The van der Waals surface area contributed by atoms with Crippen LogP contribution in [0, 0.1) is 0 Å². The van der Waals surface area contributed by atoms with Gasteiger partial charge in [0.1, 0.15) is 5.75 Å². The molecule has 1 heterocycles. The standard InChI is InChI=1S/C22H19ClN2O4S/c23-17-9-6-10-18(13-17)24-22(26)21-14-25(19-11-4-5-12-20(19)29-21)30(27,28)15-16-7-2-1-3-8-16/h1-13,21H,14-15H2,(H,24,26)/t21-/m1/s1. The number of carbonyl (C=O) groups is 1. The number of nitrogens with one attached hydrogen (secondary N) is 1.